The summed E-state index contributed by atoms with van der Waals surface area (Å²) in [6.07, 6.45) is 0.00140. The first kappa shape index (κ1) is 15.1. The Kier molecular flexibility index (Phi) is 7.48. The van der Waals surface area contributed by atoms with Gasteiger partial charge in [-0.3, -0.25) is 0 Å². The van der Waals surface area contributed by atoms with Crippen LogP contribution in [0.15, 0.2) is 0 Å². The molecule has 0 bridgehead atoms. The van der Waals surface area contributed by atoms with E-state index in [-0.39, 0.29) is 6.29 Å². The van der Waals surface area contributed by atoms with Gasteiger partial charge < -0.3 is 9.16 Å². The Labute approximate surface area is 96.5 Å². The highest BCUT2D eigenvalue weighted by Crippen LogP contribution is 2.26. The van der Waals surface area contributed by atoms with Gasteiger partial charge in [0.25, 0.3) is 0 Å². The van der Waals surface area contributed by atoms with E-state index in [1.54, 1.807) is 0 Å². The lowest BCUT2D eigenvalue weighted by Gasteiger charge is -2.34. The molecule has 0 spiro atoms. The molecule has 1 unspecified atom stereocenters. The number of rotatable bonds is 8. The van der Waals surface area contributed by atoms with Crippen molar-refractivity contribution in [1.82, 2.24) is 0 Å². The van der Waals surface area contributed by atoms with Crippen LogP contribution < -0.4 is 0 Å². The molecular weight excluding hydrogens is 204 g/mol. The molecule has 0 radical (unpaired) electrons. The fourth-order valence-corrected chi connectivity index (χ4v) is 4.61. The smallest absolute Gasteiger partial charge is 0.195 e. The summed E-state index contributed by atoms with van der Waals surface area (Å²) in [7, 11) is -1.51. The zero-order chi connectivity index (χ0) is 11.9. The molecule has 0 aliphatic heterocycles. The standard InChI is InChI=1S/C12H28O2Si/c1-7-13-12(11(5)6)14-15(8-2,9-3)10-4/h11-12H,7-10H2,1-6H3. The minimum Gasteiger partial charge on any atom is -0.392 e. The number of hydrogen-bond acceptors (Lipinski definition) is 2. The molecule has 1 atom stereocenters. The van der Waals surface area contributed by atoms with Crippen molar-refractivity contribution >= 4 is 8.32 Å². The van der Waals surface area contributed by atoms with E-state index in [1.807, 2.05) is 6.92 Å². The number of ether oxygens (including phenoxy) is 1. The summed E-state index contributed by atoms with van der Waals surface area (Å²) >= 11 is 0. The highest BCUT2D eigenvalue weighted by molar-refractivity contribution is 6.73. The summed E-state index contributed by atoms with van der Waals surface area (Å²) in [4.78, 5) is 0. The second kappa shape index (κ2) is 7.42. The van der Waals surface area contributed by atoms with Crippen LogP contribution >= 0.6 is 0 Å². The molecule has 0 aliphatic carbocycles. The third-order valence-electron chi connectivity index (χ3n) is 3.17. The normalized spacial score (nSPS) is 14.6. The fraction of sp³-hybridized carbons (Fsp3) is 1.00. The van der Waals surface area contributed by atoms with Gasteiger partial charge in [0.05, 0.1) is 0 Å². The van der Waals surface area contributed by atoms with E-state index in [0.29, 0.717) is 5.92 Å². The molecule has 2 nitrogen and oxygen atoms in total. The quantitative estimate of drug-likeness (QED) is 0.465. The van der Waals surface area contributed by atoms with Crippen molar-refractivity contribution in [2.45, 2.75) is 66.0 Å². The van der Waals surface area contributed by atoms with Crippen molar-refractivity contribution in [3.05, 3.63) is 0 Å². The average molecular weight is 232 g/mol. The van der Waals surface area contributed by atoms with Gasteiger partial charge in [0.15, 0.2) is 8.32 Å². The average Bonchev–Trinajstić information content (AvgIpc) is 2.24. The van der Waals surface area contributed by atoms with Crippen molar-refractivity contribution < 1.29 is 9.16 Å². The maximum atomic E-state index is 6.30. The molecule has 0 rings (SSSR count). The largest absolute Gasteiger partial charge is 0.392 e. The Morgan fingerprint density at radius 2 is 1.40 bits per heavy atom. The van der Waals surface area contributed by atoms with Gasteiger partial charge in [-0.1, -0.05) is 34.6 Å². The molecule has 0 heterocycles. The third kappa shape index (κ3) is 4.66. The van der Waals surface area contributed by atoms with Crippen molar-refractivity contribution in [2.75, 3.05) is 6.61 Å². The van der Waals surface area contributed by atoms with Crippen LogP contribution in [-0.2, 0) is 9.16 Å². The molecule has 0 fully saturated rings. The summed E-state index contributed by atoms with van der Waals surface area (Å²) in [5, 5.41) is 0. The van der Waals surface area contributed by atoms with Gasteiger partial charge in [-0.2, -0.15) is 0 Å². The van der Waals surface area contributed by atoms with Crippen LogP contribution in [0.2, 0.25) is 18.1 Å². The van der Waals surface area contributed by atoms with E-state index >= 15 is 0 Å². The van der Waals surface area contributed by atoms with Crippen LogP contribution in [0.4, 0.5) is 0 Å². The van der Waals surface area contributed by atoms with E-state index in [0.717, 1.165) is 6.61 Å². The molecule has 0 N–H and O–H groups in total. The molecule has 3 heteroatoms. The second-order valence-electron chi connectivity index (χ2n) is 4.43. The summed E-state index contributed by atoms with van der Waals surface area (Å²) in [6, 6.07) is 3.57. The van der Waals surface area contributed by atoms with E-state index in [9.17, 15) is 0 Å². The second-order valence-corrected chi connectivity index (χ2v) is 9.15. The predicted molar refractivity (Wildman–Crippen MR) is 68.5 cm³/mol. The van der Waals surface area contributed by atoms with Crippen LogP contribution in [-0.4, -0.2) is 21.2 Å². The van der Waals surface area contributed by atoms with Crippen LogP contribution in [0.3, 0.4) is 0 Å². The van der Waals surface area contributed by atoms with Gasteiger partial charge in [0.1, 0.15) is 6.29 Å². The highest BCUT2D eigenvalue weighted by Gasteiger charge is 2.33. The van der Waals surface area contributed by atoms with Gasteiger partial charge in [-0.05, 0) is 25.1 Å². The van der Waals surface area contributed by atoms with E-state index in [2.05, 4.69) is 34.6 Å². The maximum absolute atomic E-state index is 6.30. The summed E-state index contributed by atoms with van der Waals surface area (Å²) in [5.74, 6) is 0.446. The predicted octanol–water partition coefficient (Wildman–Crippen LogP) is 4.03. The SMILES string of the molecule is CCOC(O[Si](CC)(CC)CC)C(C)C. The third-order valence-corrected chi connectivity index (χ3v) is 7.77. The zero-order valence-corrected chi connectivity index (χ0v) is 12.3. The summed E-state index contributed by atoms with van der Waals surface area (Å²) < 4.78 is 12.0. The van der Waals surface area contributed by atoms with Gasteiger partial charge in [0.2, 0.25) is 0 Å². The monoisotopic (exact) mass is 232 g/mol. The highest BCUT2D eigenvalue weighted by atomic mass is 28.4. The van der Waals surface area contributed by atoms with Crippen molar-refractivity contribution in [3.8, 4) is 0 Å². The summed E-state index contributed by atoms with van der Waals surface area (Å²) in [6.45, 7) is 13.9. The first-order valence-electron chi connectivity index (χ1n) is 6.34. The molecule has 92 valence electrons. The molecule has 0 aliphatic rings. The van der Waals surface area contributed by atoms with Crippen LogP contribution in [0.25, 0.3) is 0 Å². The zero-order valence-electron chi connectivity index (χ0n) is 11.3. The molecule has 0 aromatic rings. The first-order chi connectivity index (χ1) is 7.05. The Hall–Kier alpha value is 0.137. The Morgan fingerprint density at radius 1 is 0.933 bits per heavy atom. The van der Waals surface area contributed by atoms with Crippen LogP contribution in [0.1, 0.15) is 41.5 Å². The van der Waals surface area contributed by atoms with Gasteiger partial charge in [-0.15, -0.1) is 0 Å². The molecule has 15 heavy (non-hydrogen) atoms. The van der Waals surface area contributed by atoms with Crippen molar-refractivity contribution in [3.63, 3.8) is 0 Å². The molecule has 0 amide bonds. The van der Waals surface area contributed by atoms with Crippen molar-refractivity contribution in [2.24, 2.45) is 5.92 Å². The molecule has 0 aromatic heterocycles. The summed E-state index contributed by atoms with van der Waals surface area (Å²) in [5.41, 5.74) is 0. The number of hydrogen-bond donors (Lipinski definition) is 0. The first-order valence-corrected chi connectivity index (χ1v) is 8.87. The van der Waals surface area contributed by atoms with E-state index < -0.39 is 8.32 Å². The lowest BCUT2D eigenvalue weighted by atomic mass is 10.2. The topological polar surface area (TPSA) is 18.5 Å². The minimum atomic E-state index is -1.51. The van der Waals surface area contributed by atoms with E-state index in [4.69, 9.17) is 9.16 Å². The molecular formula is C12H28O2Si. The van der Waals surface area contributed by atoms with Gasteiger partial charge in [-0.25, -0.2) is 0 Å². The fourth-order valence-electron chi connectivity index (χ4n) is 1.77. The lowest BCUT2D eigenvalue weighted by Crippen LogP contribution is -2.42. The Balaban J connectivity index is 4.45. The van der Waals surface area contributed by atoms with Crippen LogP contribution in [0.5, 0.6) is 0 Å². The minimum absolute atomic E-state index is 0.00140. The molecule has 0 saturated carbocycles. The Morgan fingerprint density at radius 3 is 1.67 bits per heavy atom. The molecule has 0 aromatic carbocycles. The van der Waals surface area contributed by atoms with E-state index in [1.165, 1.54) is 18.1 Å². The maximum Gasteiger partial charge on any atom is 0.195 e. The van der Waals surface area contributed by atoms with Crippen LogP contribution in [0, 0.1) is 5.92 Å². The van der Waals surface area contributed by atoms with Gasteiger partial charge >= 0.3 is 0 Å². The van der Waals surface area contributed by atoms with Gasteiger partial charge in [0, 0.05) is 12.5 Å². The van der Waals surface area contributed by atoms with Crippen molar-refractivity contribution in [1.29, 1.82) is 0 Å². The molecule has 0 saturated heterocycles. The lowest BCUT2D eigenvalue weighted by molar-refractivity contribution is -0.110. The Bertz CT molecular complexity index is 147.